The van der Waals surface area contributed by atoms with Gasteiger partial charge in [-0.05, 0) is 42.8 Å². The molecular weight excluding hydrogens is 350 g/mol. The first-order valence-corrected chi connectivity index (χ1v) is 7.28. The number of para-hydroxylation sites is 1. The van der Waals surface area contributed by atoms with Gasteiger partial charge >= 0.3 is 5.97 Å². The maximum absolute atomic E-state index is 11.9. The highest BCUT2D eigenvalue weighted by Crippen LogP contribution is 2.22. The first kappa shape index (κ1) is 16.0. The number of aromatic carboxylic acids is 1. The predicted molar refractivity (Wildman–Crippen MR) is 86.4 cm³/mol. The molecule has 2 N–H and O–H groups in total. The molecule has 0 atom stereocenters. The van der Waals surface area contributed by atoms with Crippen molar-refractivity contribution in [3.05, 3.63) is 58.1 Å². The fourth-order valence-electron chi connectivity index (χ4n) is 1.88. The van der Waals surface area contributed by atoms with Gasteiger partial charge in [0.25, 0.3) is 5.91 Å². The monoisotopic (exact) mass is 363 g/mol. The van der Waals surface area contributed by atoms with Crippen LogP contribution in [0.25, 0.3) is 0 Å². The first-order valence-electron chi connectivity index (χ1n) is 6.48. The van der Waals surface area contributed by atoms with Crippen molar-refractivity contribution in [3.63, 3.8) is 0 Å². The second-order valence-corrected chi connectivity index (χ2v) is 5.51. The molecule has 0 aliphatic rings. The Morgan fingerprint density at radius 3 is 2.64 bits per heavy atom. The van der Waals surface area contributed by atoms with Crippen molar-refractivity contribution in [1.29, 1.82) is 0 Å². The highest BCUT2D eigenvalue weighted by atomic mass is 79.9. The quantitative estimate of drug-likeness (QED) is 0.852. The zero-order valence-electron chi connectivity index (χ0n) is 11.8. The lowest BCUT2D eigenvalue weighted by molar-refractivity contribution is -0.118. The highest BCUT2D eigenvalue weighted by Gasteiger charge is 2.12. The standard InChI is InChI=1S/C16H14BrNO4/c1-10-8-11(17)6-7-14(10)22-9-15(19)18-13-5-3-2-4-12(13)16(20)21/h2-8H,9H2,1H3,(H,18,19)(H,20,21). The van der Waals surface area contributed by atoms with Gasteiger partial charge in [0.15, 0.2) is 6.61 Å². The Morgan fingerprint density at radius 1 is 1.23 bits per heavy atom. The number of anilines is 1. The minimum atomic E-state index is -1.10. The van der Waals surface area contributed by atoms with E-state index in [1.54, 1.807) is 18.2 Å². The van der Waals surface area contributed by atoms with Crippen molar-refractivity contribution in [2.24, 2.45) is 0 Å². The maximum Gasteiger partial charge on any atom is 0.337 e. The van der Waals surface area contributed by atoms with E-state index in [9.17, 15) is 9.59 Å². The minimum absolute atomic E-state index is 0.0377. The molecule has 0 saturated heterocycles. The average molecular weight is 364 g/mol. The predicted octanol–water partition coefficient (Wildman–Crippen LogP) is 3.47. The molecule has 0 aliphatic heterocycles. The number of carboxylic acid groups (broad SMARTS) is 1. The summed E-state index contributed by atoms with van der Waals surface area (Å²) < 4.78 is 6.37. The van der Waals surface area contributed by atoms with Gasteiger partial charge in [-0.15, -0.1) is 0 Å². The molecule has 22 heavy (non-hydrogen) atoms. The Bertz CT molecular complexity index is 715. The first-order chi connectivity index (χ1) is 10.5. The van der Waals surface area contributed by atoms with E-state index in [4.69, 9.17) is 9.84 Å². The third-order valence-corrected chi connectivity index (χ3v) is 3.42. The van der Waals surface area contributed by atoms with Gasteiger partial charge in [0.1, 0.15) is 5.75 Å². The van der Waals surface area contributed by atoms with Crippen LogP contribution in [0.1, 0.15) is 15.9 Å². The van der Waals surface area contributed by atoms with Crippen LogP contribution in [0.15, 0.2) is 46.9 Å². The number of nitrogens with one attached hydrogen (secondary N) is 1. The summed E-state index contributed by atoms with van der Waals surface area (Å²) in [5.41, 5.74) is 1.18. The average Bonchev–Trinajstić information content (AvgIpc) is 2.46. The Hall–Kier alpha value is -2.34. The van der Waals surface area contributed by atoms with E-state index in [1.807, 2.05) is 19.1 Å². The summed E-state index contributed by atoms with van der Waals surface area (Å²) in [6.07, 6.45) is 0. The number of carboxylic acids is 1. The molecule has 0 spiro atoms. The fraction of sp³-hybridized carbons (Fsp3) is 0.125. The van der Waals surface area contributed by atoms with Crippen molar-refractivity contribution in [3.8, 4) is 5.75 Å². The van der Waals surface area contributed by atoms with Gasteiger partial charge < -0.3 is 15.2 Å². The lowest BCUT2D eigenvalue weighted by atomic mass is 10.2. The van der Waals surface area contributed by atoms with Crippen LogP contribution in [0.2, 0.25) is 0 Å². The van der Waals surface area contributed by atoms with E-state index in [0.29, 0.717) is 5.75 Å². The molecule has 0 unspecified atom stereocenters. The summed E-state index contributed by atoms with van der Waals surface area (Å²) in [7, 11) is 0. The largest absolute Gasteiger partial charge is 0.483 e. The number of halogens is 1. The third kappa shape index (κ3) is 4.08. The van der Waals surface area contributed by atoms with Gasteiger partial charge in [-0.1, -0.05) is 28.1 Å². The number of carbonyl (C=O) groups excluding carboxylic acids is 1. The minimum Gasteiger partial charge on any atom is -0.483 e. The number of ether oxygens (including phenoxy) is 1. The van der Waals surface area contributed by atoms with Crippen LogP contribution in [0.3, 0.4) is 0 Å². The van der Waals surface area contributed by atoms with Crippen molar-refractivity contribution < 1.29 is 19.4 Å². The maximum atomic E-state index is 11.9. The fourth-order valence-corrected chi connectivity index (χ4v) is 2.36. The van der Waals surface area contributed by atoms with E-state index in [-0.39, 0.29) is 17.9 Å². The molecule has 0 saturated carbocycles. The zero-order valence-corrected chi connectivity index (χ0v) is 13.4. The molecule has 0 bridgehead atoms. The summed E-state index contributed by atoms with van der Waals surface area (Å²) in [5, 5.41) is 11.6. The molecule has 0 aliphatic carbocycles. The van der Waals surface area contributed by atoms with Crippen LogP contribution in [0, 0.1) is 6.92 Å². The van der Waals surface area contributed by atoms with Gasteiger partial charge in [-0.25, -0.2) is 4.79 Å². The van der Waals surface area contributed by atoms with Gasteiger partial charge in [-0.2, -0.15) is 0 Å². The SMILES string of the molecule is Cc1cc(Br)ccc1OCC(=O)Nc1ccccc1C(=O)O. The molecule has 5 nitrogen and oxygen atoms in total. The van der Waals surface area contributed by atoms with Crippen LogP contribution in [0.5, 0.6) is 5.75 Å². The van der Waals surface area contributed by atoms with Crippen LogP contribution < -0.4 is 10.1 Å². The van der Waals surface area contributed by atoms with Crippen LogP contribution in [-0.2, 0) is 4.79 Å². The Morgan fingerprint density at radius 2 is 1.95 bits per heavy atom. The summed E-state index contributed by atoms with van der Waals surface area (Å²) in [6, 6.07) is 11.7. The number of benzene rings is 2. The molecule has 6 heteroatoms. The van der Waals surface area contributed by atoms with E-state index in [0.717, 1.165) is 10.0 Å². The molecule has 2 rings (SSSR count). The molecule has 0 radical (unpaired) electrons. The van der Waals surface area contributed by atoms with Gasteiger partial charge in [-0.3, -0.25) is 4.79 Å². The second kappa shape index (κ2) is 7.09. The molecule has 114 valence electrons. The summed E-state index contributed by atoms with van der Waals surface area (Å²) in [6.45, 7) is 1.67. The van der Waals surface area contributed by atoms with E-state index < -0.39 is 11.9 Å². The summed E-state index contributed by atoms with van der Waals surface area (Å²) >= 11 is 3.35. The molecular formula is C16H14BrNO4. The number of hydrogen-bond donors (Lipinski definition) is 2. The van der Waals surface area contributed by atoms with E-state index in [2.05, 4.69) is 21.2 Å². The van der Waals surface area contributed by atoms with Crippen molar-refractivity contribution in [1.82, 2.24) is 0 Å². The Labute approximate surface area is 136 Å². The lowest BCUT2D eigenvalue weighted by Crippen LogP contribution is -2.21. The molecule has 0 aromatic heterocycles. The molecule has 1 amide bonds. The number of carbonyl (C=O) groups is 2. The third-order valence-electron chi connectivity index (χ3n) is 2.93. The lowest BCUT2D eigenvalue weighted by Gasteiger charge is -2.11. The zero-order chi connectivity index (χ0) is 16.1. The molecule has 0 fully saturated rings. The molecule has 0 heterocycles. The summed E-state index contributed by atoms with van der Waals surface area (Å²) in [4.78, 5) is 23.0. The van der Waals surface area contributed by atoms with Crippen LogP contribution >= 0.6 is 15.9 Å². The molecule has 2 aromatic rings. The van der Waals surface area contributed by atoms with Gasteiger partial charge in [0, 0.05) is 4.47 Å². The number of aryl methyl sites for hydroxylation is 1. The normalized spacial score (nSPS) is 10.1. The smallest absolute Gasteiger partial charge is 0.337 e. The topological polar surface area (TPSA) is 75.6 Å². The number of amides is 1. The van der Waals surface area contributed by atoms with Gasteiger partial charge in [0.2, 0.25) is 0 Å². The Balaban J connectivity index is 2.00. The summed E-state index contributed by atoms with van der Waals surface area (Å²) in [5.74, 6) is -0.915. The van der Waals surface area contributed by atoms with E-state index >= 15 is 0 Å². The Kier molecular flexibility index (Phi) is 5.16. The second-order valence-electron chi connectivity index (χ2n) is 4.60. The number of rotatable bonds is 5. The highest BCUT2D eigenvalue weighted by molar-refractivity contribution is 9.10. The van der Waals surface area contributed by atoms with Crippen LogP contribution in [0.4, 0.5) is 5.69 Å². The van der Waals surface area contributed by atoms with E-state index in [1.165, 1.54) is 12.1 Å². The van der Waals surface area contributed by atoms with Crippen molar-refractivity contribution in [2.45, 2.75) is 6.92 Å². The van der Waals surface area contributed by atoms with Crippen molar-refractivity contribution >= 4 is 33.5 Å². The number of hydrogen-bond acceptors (Lipinski definition) is 3. The van der Waals surface area contributed by atoms with Gasteiger partial charge in [0.05, 0.1) is 11.3 Å². The van der Waals surface area contributed by atoms with Crippen molar-refractivity contribution in [2.75, 3.05) is 11.9 Å². The van der Waals surface area contributed by atoms with Crippen LogP contribution in [-0.4, -0.2) is 23.6 Å². The molecule has 2 aromatic carbocycles.